The van der Waals surface area contributed by atoms with Crippen LogP contribution in [0.15, 0.2) is 24.3 Å². The third-order valence-electron chi connectivity index (χ3n) is 4.73. The molecule has 6 N–H and O–H groups in total. The number of benzene rings is 1. The van der Waals surface area contributed by atoms with Crippen LogP contribution in [-0.2, 0) is 30.5 Å². The number of hydrogen-bond acceptors (Lipinski definition) is 6. The lowest BCUT2D eigenvalue weighted by atomic mass is 10.0. The minimum Gasteiger partial charge on any atom is -0.463 e. The molecule has 0 heterocycles. The molecule has 1 aromatic rings. The molecule has 11 nitrogen and oxygen atoms in total. The third kappa shape index (κ3) is 10.5. The summed E-state index contributed by atoms with van der Waals surface area (Å²) >= 11 is 0. The van der Waals surface area contributed by atoms with Crippen molar-refractivity contribution >= 4 is 35.9 Å². The smallest absolute Gasteiger partial charge is 0.312 e. The van der Waals surface area contributed by atoms with Gasteiger partial charge in [0.25, 0.3) is 6.47 Å². The van der Waals surface area contributed by atoms with E-state index in [1.165, 1.54) is 0 Å². The van der Waals surface area contributed by atoms with E-state index < -0.39 is 29.9 Å². The first kappa shape index (κ1) is 27.4. The van der Waals surface area contributed by atoms with Crippen LogP contribution in [0.3, 0.4) is 0 Å². The van der Waals surface area contributed by atoms with Gasteiger partial charge in [0.05, 0.1) is 0 Å². The van der Waals surface area contributed by atoms with Gasteiger partial charge in [0.2, 0.25) is 17.7 Å². The molecule has 0 bridgehead atoms. The molecule has 11 heteroatoms. The number of carbonyl (C=O) groups excluding carboxylic acids is 5. The predicted molar refractivity (Wildman–Crippen MR) is 122 cm³/mol. The Morgan fingerprint density at radius 3 is 2.27 bits per heavy atom. The van der Waals surface area contributed by atoms with E-state index in [2.05, 4.69) is 26.0 Å². The highest BCUT2D eigenvalue weighted by atomic mass is 16.5. The Morgan fingerprint density at radius 2 is 1.73 bits per heavy atom. The van der Waals surface area contributed by atoms with Gasteiger partial charge < -0.3 is 31.7 Å². The SMILES string of the molecule is CCC(=O)NC(C(=O)NC(CCCNC(N)=O)C(=O)Nc1ccc(COC=O)cc1)C(C)C. The van der Waals surface area contributed by atoms with Crippen LogP contribution in [0, 0.1) is 5.92 Å². The van der Waals surface area contributed by atoms with E-state index in [4.69, 9.17) is 5.73 Å². The summed E-state index contributed by atoms with van der Waals surface area (Å²) in [4.78, 5) is 58.7. The third-order valence-corrected chi connectivity index (χ3v) is 4.73. The monoisotopic (exact) mass is 463 g/mol. The van der Waals surface area contributed by atoms with Gasteiger partial charge in [-0.05, 0) is 36.5 Å². The molecule has 0 spiro atoms. The lowest BCUT2D eigenvalue weighted by Gasteiger charge is -2.25. The van der Waals surface area contributed by atoms with Crippen molar-refractivity contribution in [2.45, 2.75) is 58.7 Å². The number of nitrogens with one attached hydrogen (secondary N) is 4. The molecule has 33 heavy (non-hydrogen) atoms. The summed E-state index contributed by atoms with van der Waals surface area (Å²) in [6, 6.07) is 4.29. The Kier molecular flexibility index (Phi) is 12.0. The quantitative estimate of drug-likeness (QED) is 0.202. The maximum atomic E-state index is 12.9. The van der Waals surface area contributed by atoms with Crippen LogP contribution in [-0.4, -0.2) is 48.9 Å². The van der Waals surface area contributed by atoms with Crippen LogP contribution >= 0.6 is 0 Å². The number of hydrogen-bond donors (Lipinski definition) is 5. The fourth-order valence-electron chi connectivity index (χ4n) is 2.90. The summed E-state index contributed by atoms with van der Waals surface area (Å²) in [7, 11) is 0. The van der Waals surface area contributed by atoms with Gasteiger partial charge in [0, 0.05) is 18.7 Å². The highest BCUT2D eigenvalue weighted by Gasteiger charge is 2.28. The van der Waals surface area contributed by atoms with E-state index in [0.717, 1.165) is 5.56 Å². The molecular weight excluding hydrogens is 430 g/mol. The second kappa shape index (κ2) is 14.4. The number of nitrogens with two attached hydrogens (primary N) is 1. The molecule has 0 aromatic heterocycles. The van der Waals surface area contributed by atoms with Crippen molar-refractivity contribution in [2.24, 2.45) is 11.7 Å². The molecule has 0 radical (unpaired) electrons. The Bertz CT molecular complexity index is 812. The first-order valence-corrected chi connectivity index (χ1v) is 10.8. The number of primary amides is 1. The van der Waals surface area contributed by atoms with Crippen LogP contribution in [0.4, 0.5) is 10.5 Å². The largest absolute Gasteiger partial charge is 0.463 e. The second-order valence-corrected chi connectivity index (χ2v) is 7.73. The Balaban J connectivity index is 2.89. The van der Waals surface area contributed by atoms with Crippen molar-refractivity contribution < 1.29 is 28.7 Å². The molecular formula is C22H33N5O6. The van der Waals surface area contributed by atoms with Crippen LogP contribution in [0.25, 0.3) is 0 Å². The van der Waals surface area contributed by atoms with Crippen LogP contribution < -0.4 is 27.0 Å². The summed E-state index contributed by atoms with van der Waals surface area (Å²) in [5, 5.41) is 10.6. The fourth-order valence-corrected chi connectivity index (χ4v) is 2.90. The van der Waals surface area contributed by atoms with Crippen molar-refractivity contribution in [1.29, 1.82) is 0 Å². The van der Waals surface area contributed by atoms with Gasteiger partial charge in [0.1, 0.15) is 18.7 Å². The van der Waals surface area contributed by atoms with Crippen LogP contribution in [0.1, 0.15) is 45.6 Å². The Hall–Kier alpha value is -3.63. The molecule has 0 fully saturated rings. The van der Waals surface area contributed by atoms with Gasteiger partial charge in [-0.3, -0.25) is 19.2 Å². The Morgan fingerprint density at radius 1 is 1.06 bits per heavy atom. The van der Waals surface area contributed by atoms with E-state index in [0.29, 0.717) is 18.6 Å². The minimum atomic E-state index is -0.912. The maximum Gasteiger partial charge on any atom is 0.312 e. The topological polar surface area (TPSA) is 169 Å². The van der Waals surface area contributed by atoms with E-state index in [-0.39, 0.29) is 37.8 Å². The van der Waals surface area contributed by atoms with Crippen LogP contribution in [0.5, 0.6) is 0 Å². The number of anilines is 1. The van der Waals surface area contributed by atoms with E-state index in [1.807, 2.05) is 0 Å². The van der Waals surface area contributed by atoms with Gasteiger partial charge in [-0.1, -0.05) is 32.9 Å². The summed E-state index contributed by atoms with van der Waals surface area (Å²) in [6.07, 6.45) is 0.847. The average molecular weight is 464 g/mol. The number of carbonyl (C=O) groups is 5. The average Bonchev–Trinajstić information content (AvgIpc) is 2.78. The highest BCUT2D eigenvalue weighted by Crippen LogP contribution is 2.12. The lowest BCUT2D eigenvalue weighted by molar-refractivity contribution is -0.132. The zero-order valence-electron chi connectivity index (χ0n) is 19.2. The van der Waals surface area contributed by atoms with E-state index in [1.54, 1.807) is 45.0 Å². The molecule has 0 aliphatic heterocycles. The highest BCUT2D eigenvalue weighted by molar-refractivity contribution is 5.98. The lowest BCUT2D eigenvalue weighted by Crippen LogP contribution is -2.54. The number of rotatable bonds is 14. The fraction of sp³-hybridized carbons (Fsp3) is 0.500. The van der Waals surface area contributed by atoms with Crippen molar-refractivity contribution in [3.05, 3.63) is 29.8 Å². The molecule has 1 rings (SSSR count). The van der Waals surface area contributed by atoms with Crippen molar-refractivity contribution in [1.82, 2.24) is 16.0 Å². The number of amides is 5. The number of urea groups is 1. The normalized spacial score (nSPS) is 12.2. The molecule has 0 saturated heterocycles. The molecule has 0 aliphatic carbocycles. The molecule has 5 amide bonds. The summed E-state index contributed by atoms with van der Waals surface area (Å²) in [5.41, 5.74) is 6.29. The standard InChI is InChI=1S/C22H33N5O6/c1-4-18(29)27-19(14(2)3)21(31)26-17(6-5-11-24-22(23)32)20(30)25-16-9-7-15(8-10-16)12-33-13-28/h7-10,13-14,17,19H,4-6,11-12H2,1-3H3,(H,25,30)(H,26,31)(H,27,29)(H3,23,24,32). The Labute approximate surface area is 193 Å². The first-order valence-electron chi connectivity index (χ1n) is 10.8. The van der Waals surface area contributed by atoms with E-state index in [9.17, 15) is 24.0 Å². The molecule has 0 aliphatic rings. The zero-order valence-corrected chi connectivity index (χ0v) is 19.2. The van der Waals surface area contributed by atoms with Gasteiger partial charge in [-0.2, -0.15) is 0 Å². The molecule has 182 valence electrons. The molecule has 1 aromatic carbocycles. The van der Waals surface area contributed by atoms with Crippen LogP contribution in [0.2, 0.25) is 0 Å². The summed E-state index contributed by atoms with van der Waals surface area (Å²) in [6.45, 7) is 5.97. The predicted octanol–water partition coefficient (Wildman–Crippen LogP) is 0.782. The number of ether oxygens (including phenoxy) is 1. The van der Waals surface area contributed by atoms with Gasteiger partial charge in [0.15, 0.2) is 0 Å². The molecule has 2 unspecified atom stereocenters. The van der Waals surface area contributed by atoms with Crippen molar-refractivity contribution in [2.75, 3.05) is 11.9 Å². The van der Waals surface area contributed by atoms with E-state index >= 15 is 0 Å². The maximum absolute atomic E-state index is 12.9. The summed E-state index contributed by atoms with van der Waals surface area (Å²) in [5.74, 6) is -1.39. The zero-order chi connectivity index (χ0) is 24.8. The molecule has 2 atom stereocenters. The van der Waals surface area contributed by atoms with Gasteiger partial charge in [-0.25, -0.2) is 4.79 Å². The minimum absolute atomic E-state index is 0.114. The van der Waals surface area contributed by atoms with Crippen molar-refractivity contribution in [3.8, 4) is 0 Å². The second-order valence-electron chi connectivity index (χ2n) is 7.73. The first-order chi connectivity index (χ1) is 15.7. The van der Waals surface area contributed by atoms with Gasteiger partial charge >= 0.3 is 6.03 Å². The molecule has 0 saturated carbocycles. The van der Waals surface area contributed by atoms with Gasteiger partial charge in [-0.15, -0.1) is 0 Å². The summed E-state index contributed by atoms with van der Waals surface area (Å²) < 4.78 is 4.69. The van der Waals surface area contributed by atoms with Crippen molar-refractivity contribution in [3.63, 3.8) is 0 Å².